The molecule has 8 N–H and O–H groups in total. The van der Waals surface area contributed by atoms with E-state index in [0.717, 1.165) is 5.56 Å². The van der Waals surface area contributed by atoms with Crippen molar-refractivity contribution in [3.05, 3.63) is 71.2 Å². The van der Waals surface area contributed by atoms with E-state index in [9.17, 15) is 14.4 Å². The standard InChI is InChI=1S/C22H20ClN5O3/c23-15-5-1-12(2-6-15)14-9-17(13-3-7-16(8-4-13)27-22(26)31)20(28-19(29)11-24)18(10-14)21(25)30/h1-10H,11,24H2,(H2,25,30)(H,28,29)(H3,26,27,31). The smallest absolute Gasteiger partial charge is 0.316 e. The molecule has 0 saturated heterocycles. The van der Waals surface area contributed by atoms with Crippen molar-refractivity contribution in [2.24, 2.45) is 17.2 Å². The number of anilines is 2. The van der Waals surface area contributed by atoms with Crippen LogP contribution in [0.1, 0.15) is 10.4 Å². The van der Waals surface area contributed by atoms with Gasteiger partial charge in [-0.15, -0.1) is 0 Å². The number of nitrogens with one attached hydrogen (secondary N) is 2. The summed E-state index contributed by atoms with van der Waals surface area (Å²) in [5, 5.41) is 5.72. The third kappa shape index (κ3) is 5.19. The SMILES string of the molecule is NCC(=O)Nc1c(C(N)=O)cc(-c2ccc(Cl)cc2)cc1-c1ccc(NC(N)=O)cc1. The van der Waals surface area contributed by atoms with Crippen molar-refractivity contribution in [2.45, 2.75) is 0 Å². The summed E-state index contributed by atoms with van der Waals surface area (Å²) in [5.74, 6) is -1.19. The molecule has 0 aliphatic heterocycles. The van der Waals surface area contributed by atoms with Crippen molar-refractivity contribution in [1.82, 2.24) is 0 Å². The molecule has 3 aromatic rings. The Morgan fingerprint density at radius 3 is 1.97 bits per heavy atom. The molecule has 0 spiro atoms. The van der Waals surface area contributed by atoms with Gasteiger partial charge >= 0.3 is 6.03 Å². The van der Waals surface area contributed by atoms with Gasteiger partial charge in [-0.25, -0.2) is 4.79 Å². The van der Waals surface area contributed by atoms with Crippen LogP contribution in [-0.2, 0) is 4.79 Å². The molecule has 8 nitrogen and oxygen atoms in total. The molecule has 31 heavy (non-hydrogen) atoms. The van der Waals surface area contributed by atoms with Crippen LogP contribution in [0.4, 0.5) is 16.2 Å². The van der Waals surface area contributed by atoms with E-state index in [2.05, 4.69) is 10.6 Å². The second-order valence-corrected chi connectivity index (χ2v) is 7.07. The van der Waals surface area contributed by atoms with Crippen LogP contribution in [0.2, 0.25) is 5.02 Å². The van der Waals surface area contributed by atoms with Gasteiger partial charge in [-0.3, -0.25) is 9.59 Å². The Hall–Kier alpha value is -3.88. The number of amides is 4. The minimum atomic E-state index is -0.712. The van der Waals surface area contributed by atoms with Crippen molar-refractivity contribution in [3.8, 4) is 22.3 Å². The summed E-state index contributed by atoms with van der Waals surface area (Å²) in [6.07, 6.45) is 0. The summed E-state index contributed by atoms with van der Waals surface area (Å²) < 4.78 is 0. The van der Waals surface area contributed by atoms with E-state index in [4.69, 9.17) is 28.8 Å². The van der Waals surface area contributed by atoms with Crippen molar-refractivity contribution < 1.29 is 14.4 Å². The predicted molar refractivity (Wildman–Crippen MR) is 122 cm³/mol. The maximum atomic E-state index is 12.2. The fourth-order valence-electron chi connectivity index (χ4n) is 3.07. The number of hydrogen-bond donors (Lipinski definition) is 5. The van der Waals surface area contributed by atoms with Gasteiger partial charge < -0.3 is 27.8 Å². The van der Waals surface area contributed by atoms with Crippen LogP contribution in [0.25, 0.3) is 22.3 Å². The number of primary amides is 2. The number of benzene rings is 3. The van der Waals surface area contributed by atoms with Crippen LogP contribution >= 0.6 is 11.6 Å². The Bertz CT molecular complexity index is 1150. The minimum absolute atomic E-state index is 0.128. The average Bonchev–Trinajstić information content (AvgIpc) is 2.74. The van der Waals surface area contributed by atoms with E-state index in [1.807, 2.05) is 18.2 Å². The zero-order valence-electron chi connectivity index (χ0n) is 16.3. The Morgan fingerprint density at radius 2 is 1.42 bits per heavy atom. The molecule has 0 radical (unpaired) electrons. The molecule has 0 atom stereocenters. The molecule has 158 valence electrons. The third-order valence-corrected chi connectivity index (χ3v) is 4.75. The first-order chi connectivity index (χ1) is 14.8. The largest absolute Gasteiger partial charge is 0.366 e. The monoisotopic (exact) mass is 437 g/mol. The molecule has 0 aromatic heterocycles. The highest BCUT2D eigenvalue weighted by molar-refractivity contribution is 6.30. The van der Waals surface area contributed by atoms with E-state index in [-0.39, 0.29) is 17.8 Å². The third-order valence-electron chi connectivity index (χ3n) is 4.49. The molecule has 0 heterocycles. The molecule has 0 aliphatic rings. The number of carbonyl (C=O) groups excluding carboxylic acids is 3. The summed E-state index contributed by atoms with van der Waals surface area (Å²) in [5.41, 5.74) is 19.8. The Kier molecular flexibility index (Phi) is 6.54. The van der Waals surface area contributed by atoms with Gasteiger partial charge in [-0.05, 0) is 53.1 Å². The maximum Gasteiger partial charge on any atom is 0.316 e. The highest BCUT2D eigenvalue weighted by Crippen LogP contribution is 2.37. The van der Waals surface area contributed by atoms with Gasteiger partial charge in [0.2, 0.25) is 5.91 Å². The molecule has 9 heteroatoms. The Morgan fingerprint density at radius 1 is 0.806 bits per heavy atom. The van der Waals surface area contributed by atoms with Gasteiger partial charge in [0.25, 0.3) is 5.91 Å². The number of urea groups is 1. The van der Waals surface area contributed by atoms with E-state index >= 15 is 0 Å². The molecule has 0 bridgehead atoms. The highest BCUT2D eigenvalue weighted by Gasteiger charge is 2.19. The Labute approximate surface area is 183 Å². The average molecular weight is 438 g/mol. The van der Waals surface area contributed by atoms with Crippen LogP contribution in [0.3, 0.4) is 0 Å². The maximum absolute atomic E-state index is 12.2. The molecule has 0 aliphatic carbocycles. The zero-order chi connectivity index (χ0) is 22.5. The van der Waals surface area contributed by atoms with Gasteiger partial charge in [0, 0.05) is 16.3 Å². The molecular weight excluding hydrogens is 418 g/mol. The molecule has 0 fully saturated rings. The molecular formula is C22H20ClN5O3. The van der Waals surface area contributed by atoms with E-state index in [0.29, 0.717) is 27.4 Å². The van der Waals surface area contributed by atoms with Crippen LogP contribution in [0, 0.1) is 0 Å². The van der Waals surface area contributed by atoms with Crippen LogP contribution in [0.5, 0.6) is 0 Å². The molecule has 4 amide bonds. The number of nitrogens with two attached hydrogens (primary N) is 3. The van der Waals surface area contributed by atoms with Gasteiger partial charge in [0.15, 0.2) is 0 Å². The fourth-order valence-corrected chi connectivity index (χ4v) is 3.20. The first-order valence-electron chi connectivity index (χ1n) is 9.19. The number of hydrogen-bond acceptors (Lipinski definition) is 4. The first kappa shape index (κ1) is 21.8. The second-order valence-electron chi connectivity index (χ2n) is 6.64. The fraction of sp³-hybridized carbons (Fsp3) is 0.0455. The lowest BCUT2D eigenvalue weighted by Gasteiger charge is -2.17. The molecule has 3 rings (SSSR count). The van der Waals surface area contributed by atoms with Crippen LogP contribution in [-0.4, -0.2) is 24.4 Å². The number of carbonyl (C=O) groups is 3. The van der Waals surface area contributed by atoms with Crippen molar-refractivity contribution in [2.75, 3.05) is 17.2 Å². The zero-order valence-corrected chi connectivity index (χ0v) is 17.1. The van der Waals surface area contributed by atoms with Gasteiger partial charge in [0.1, 0.15) is 0 Å². The normalized spacial score (nSPS) is 10.4. The molecule has 0 unspecified atom stereocenters. The lowest BCUT2D eigenvalue weighted by molar-refractivity contribution is -0.114. The summed E-state index contributed by atoms with van der Waals surface area (Å²) >= 11 is 5.99. The highest BCUT2D eigenvalue weighted by atomic mass is 35.5. The van der Waals surface area contributed by atoms with Gasteiger partial charge in [0.05, 0.1) is 17.8 Å². The van der Waals surface area contributed by atoms with Crippen molar-refractivity contribution in [1.29, 1.82) is 0 Å². The molecule has 0 saturated carbocycles. The summed E-state index contributed by atoms with van der Waals surface area (Å²) in [4.78, 5) is 35.4. The van der Waals surface area contributed by atoms with Crippen LogP contribution in [0.15, 0.2) is 60.7 Å². The first-order valence-corrected chi connectivity index (χ1v) is 9.57. The summed E-state index contributed by atoms with van der Waals surface area (Å²) in [6, 6.07) is 16.5. The van der Waals surface area contributed by atoms with Crippen LogP contribution < -0.4 is 27.8 Å². The number of rotatable bonds is 6. The summed E-state index contributed by atoms with van der Waals surface area (Å²) in [6.45, 7) is -0.266. The topological polar surface area (TPSA) is 153 Å². The van der Waals surface area contributed by atoms with E-state index in [1.165, 1.54) is 0 Å². The number of halogens is 1. The Balaban J connectivity index is 2.21. The quantitative estimate of drug-likeness (QED) is 0.401. The van der Waals surface area contributed by atoms with Gasteiger partial charge in [-0.2, -0.15) is 0 Å². The predicted octanol–water partition coefficient (Wildman–Crippen LogP) is 3.16. The summed E-state index contributed by atoms with van der Waals surface area (Å²) in [7, 11) is 0. The lowest BCUT2D eigenvalue weighted by Crippen LogP contribution is -2.24. The van der Waals surface area contributed by atoms with E-state index < -0.39 is 17.8 Å². The minimum Gasteiger partial charge on any atom is -0.366 e. The van der Waals surface area contributed by atoms with E-state index in [1.54, 1.807) is 42.5 Å². The van der Waals surface area contributed by atoms with Crippen molar-refractivity contribution >= 4 is 40.8 Å². The second kappa shape index (κ2) is 9.29. The van der Waals surface area contributed by atoms with Gasteiger partial charge in [-0.1, -0.05) is 35.9 Å². The van der Waals surface area contributed by atoms with Crippen molar-refractivity contribution in [3.63, 3.8) is 0 Å². The lowest BCUT2D eigenvalue weighted by atomic mass is 9.93. The molecule has 3 aromatic carbocycles.